The molecule has 0 spiro atoms. The van der Waals surface area contributed by atoms with Crippen LogP contribution in [0.2, 0.25) is 0 Å². The molecule has 8 heteroatoms. The lowest BCUT2D eigenvalue weighted by Gasteiger charge is -2.26. The number of amides is 1. The van der Waals surface area contributed by atoms with Gasteiger partial charge in [0.25, 0.3) is 10.0 Å². The van der Waals surface area contributed by atoms with Crippen LogP contribution >= 0.6 is 0 Å². The number of anilines is 2. The Bertz CT molecular complexity index is 1060. The molecule has 0 saturated carbocycles. The lowest BCUT2D eigenvalue weighted by molar-refractivity contribution is -0.119. The summed E-state index contributed by atoms with van der Waals surface area (Å²) in [5, 5.41) is 0. The highest BCUT2D eigenvalue weighted by molar-refractivity contribution is 7.92. The number of sulfonamides is 1. The molecule has 0 radical (unpaired) electrons. The highest BCUT2D eigenvalue weighted by atomic mass is 32.2. The number of carbonyl (C=O) groups excluding carboxylic acids is 1. The molecule has 0 fully saturated rings. The van der Waals surface area contributed by atoms with Crippen LogP contribution in [0.25, 0.3) is 0 Å². The van der Waals surface area contributed by atoms with E-state index in [-0.39, 0.29) is 22.5 Å². The summed E-state index contributed by atoms with van der Waals surface area (Å²) >= 11 is 0. The number of hydrogen-bond acceptors (Lipinski definition) is 5. The number of benzene rings is 2. The predicted molar refractivity (Wildman–Crippen MR) is 106 cm³/mol. The van der Waals surface area contributed by atoms with Crippen molar-refractivity contribution in [3.63, 3.8) is 0 Å². The summed E-state index contributed by atoms with van der Waals surface area (Å²) < 4.78 is 39.1. The Labute approximate surface area is 164 Å². The van der Waals surface area contributed by atoms with Crippen molar-refractivity contribution in [1.29, 1.82) is 0 Å². The first kappa shape index (κ1) is 18.6. The highest BCUT2D eigenvalue weighted by Gasteiger charge is 2.38. The molecule has 28 heavy (non-hydrogen) atoms. The third kappa shape index (κ3) is 2.88. The number of aryl methyl sites for hydroxylation is 1. The Hall–Kier alpha value is -2.74. The van der Waals surface area contributed by atoms with Gasteiger partial charge in [-0.3, -0.25) is 9.52 Å². The van der Waals surface area contributed by atoms with E-state index >= 15 is 0 Å². The van der Waals surface area contributed by atoms with Gasteiger partial charge in [0.05, 0.1) is 25.8 Å². The normalized spacial score (nSPS) is 18.0. The van der Waals surface area contributed by atoms with Gasteiger partial charge in [-0.15, -0.1) is 0 Å². The molecule has 2 aliphatic heterocycles. The van der Waals surface area contributed by atoms with E-state index in [0.29, 0.717) is 11.4 Å². The van der Waals surface area contributed by atoms with Crippen molar-refractivity contribution in [2.45, 2.75) is 30.6 Å². The molecule has 0 bridgehead atoms. The molecule has 0 unspecified atom stereocenters. The summed E-state index contributed by atoms with van der Waals surface area (Å²) in [6.07, 6.45) is 1.68. The monoisotopic (exact) mass is 402 g/mol. The van der Waals surface area contributed by atoms with Crippen LogP contribution < -0.4 is 19.1 Å². The number of methoxy groups -OCH3 is 2. The van der Waals surface area contributed by atoms with E-state index in [4.69, 9.17) is 9.47 Å². The van der Waals surface area contributed by atoms with Crippen LogP contribution in [0.3, 0.4) is 0 Å². The molecule has 7 nitrogen and oxygen atoms in total. The van der Waals surface area contributed by atoms with Crippen LogP contribution in [0.4, 0.5) is 11.4 Å². The van der Waals surface area contributed by atoms with Crippen molar-refractivity contribution in [2.75, 3.05) is 30.4 Å². The maximum Gasteiger partial charge on any atom is 0.265 e. The van der Waals surface area contributed by atoms with Gasteiger partial charge < -0.3 is 14.4 Å². The fourth-order valence-corrected chi connectivity index (χ4v) is 5.18. The summed E-state index contributed by atoms with van der Waals surface area (Å²) in [5.74, 6) is 0.443. The van der Waals surface area contributed by atoms with Crippen molar-refractivity contribution >= 4 is 27.3 Å². The largest absolute Gasteiger partial charge is 0.497 e. The molecule has 1 N–H and O–H groups in total. The van der Waals surface area contributed by atoms with Gasteiger partial charge in [0.2, 0.25) is 5.91 Å². The first-order valence-corrected chi connectivity index (χ1v) is 10.6. The lowest BCUT2D eigenvalue weighted by atomic mass is 9.96. The van der Waals surface area contributed by atoms with Crippen LogP contribution in [0, 0.1) is 0 Å². The van der Waals surface area contributed by atoms with Crippen molar-refractivity contribution in [2.24, 2.45) is 0 Å². The zero-order valence-electron chi connectivity index (χ0n) is 16.0. The third-order valence-corrected chi connectivity index (χ3v) is 6.73. The second kappa shape index (κ2) is 6.70. The van der Waals surface area contributed by atoms with Crippen LogP contribution in [0.1, 0.15) is 30.4 Å². The van der Waals surface area contributed by atoms with Gasteiger partial charge in [0.1, 0.15) is 16.4 Å². The summed E-state index contributed by atoms with van der Waals surface area (Å²) in [6.45, 7) is 2.58. The van der Waals surface area contributed by atoms with Crippen molar-refractivity contribution in [1.82, 2.24) is 0 Å². The smallest absolute Gasteiger partial charge is 0.265 e. The summed E-state index contributed by atoms with van der Waals surface area (Å²) in [5.41, 5.74) is 3.27. The Morgan fingerprint density at radius 3 is 2.64 bits per heavy atom. The number of nitrogens with one attached hydrogen (secondary N) is 1. The van der Waals surface area contributed by atoms with Crippen molar-refractivity contribution in [3.8, 4) is 11.5 Å². The quantitative estimate of drug-likeness (QED) is 0.831. The Morgan fingerprint density at radius 2 is 1.93 bits per heavy atom. The zero-order valence-corrected chi connectivity index (χ0v) is 16.8. The third-order valence-electron chi connectivity index (χ3n) is 5.33. The second-order valence-corrected chi connectivity index (χ2v) is 8.66. The molecule has 148 valence electrons. The van der Waals surface area contributed by atoms with Crippen molar-refractivity contribution < 1.29 is 22.7 Å². The maximum absolute atomic E-state index is 13.0. The summed E-state index contributed by atoms with van der Waals surface area (Å²) in [4.78, 5) is 14.3. The Morgan fingerprint density at radius 1 is 1.14 bits per heavy atom. The zero-order chi connectivity index (χ0) is 20.1. The molecule has 2 aromatic carbocycles. The minimum absolute atomic E-state index is 0.00533. The van der Waals surface area contributed by atoms with E-state index < -0.39 is 10.0 Å². The highest BCUT2D eigenvalue weighted by Crippen LogP contribution is 2.44. The predicted octanol–water partition coefficient (Wildman–Crippen LogP) is 2.90. The molecule has 0 aliphatic carbocycles. The van der Waals surface area contributed by atoms with E-state index in [1.54, 1.807) is 18.2 Å². The molecular weight excluding hydrogens is 380 g/mol. The standard InChI is InChI=1S/C20H22N2O5S/c1-12-16-10-14(9-13-5-4-8-22(19(13)16)20(12)23)21-28(24,25)18-11-15(26-2)6-7-17(18)27-3/h6-7,9-12,21H,4-5,8H2,1-3H3/t12-/m0/s1. The van der Waals surface area contributed by atoms with E-state index in [9.17, 15) is 13.2 Å². The van der Waals surface area contributed by atoms with Crippen LogP contribution in [0.5, 0.6) is 11.5 Å². The number of hydrogen-bond donors (Lipinski definition) is 1. The average Bonchev–Trinajstić information content (AvgIpc) is 2.93. The van der Waals surface area contributed by atoms with Crippen molar-refractivity contribution in [3.05, 3.63) is 41.5 Å². The second-order valence-electron chi connectivity index (χ2n) is 7.01. The van der Waals surface area contributed by atoms with Crippen LogP contribution in [-0.2, 0) is 21.2 Å². The Balaban J connectivity index is 1.76. The average molecular weight is 402 g/mol. The fourth-order valence-electron chi connectivity index (χ4n) is 3.96. The fraction of sp³-hybridized carbons (Fsp3) is 0.350. The molecule has 2 heterocycles. The van der Waals surface area contributed by atoms with Gasteiger partial charge in [-0.2, -0.15) is 0 Å². The molecule has 0 aromatic heterocycles. The van der Waals surface area contributed by atoms with Gasteiger partial charge in [0, 0.05) is 18.3 Å². The number of rotatable bonds is 5. The molecule has 4 rings (SSSR count). The van der Waals surface area contributed by atoms with Gasteiger partial charge in [-0.25, -0.2) is 8.42 Å². The van der Waals surface area contributed by atoms with Gasteiger partial charge in [0.15, 0.2) is 0 Å². The molecule has 2 aliphatic rings. The van der Waals surface area contributed by atoms with Gasteiger partial charge >= 0.3 is 0 Å². The van der Waals surface area contributed by atoms with E-state index in [2.05, 4.69) is 4.72 Å². The molecular formula is C20H22N2O5S. The molecule has 0 saturated heterocycles. The van der Waals surface area contributed by atoms with E-state index in [1.165, 1.54) is 20.3 Å². The number of ether oxygens (including phenoxy) is 2. The van der Waals surface area contributed by atoms with E-state index in [0.717, 1.165) is 36.2 Å². The topological polar surface area (TPSA) is 84.9 Å². The SMILES string of the molecule is COc1ccc(OC)c(S(=O)(=O)Nc2cc3c4c(c2)[C@H](C)C(=O)N4CCC3)c1. The Kier molecular flexibility index (Phi) is 4.45. The summed E-state index contributed by atoms with van der Waals surface area (Å²) in [6, 6.07) is 8.20. The first-order chi connectivity index (χ1) is 13.4. The minimum atomic E-state index is -3.91. The van der Waals surface area contributed by atoms with E-state index in [1.807, 2.05) is 17.9 Å². The number of nitrogens with zero attached hydrogens (tertiary/aromatic N) is 1. The molecule has 1 atom stereocenters. The lowest BCUT2D eigenvalue weighted by Crippen LogP contribution is -2.32. The number of carbonyl (C=O) groups is 1. The molecule has 1 amide bonds. The van der Waals surface area contributed by atoms with Gasteiger partial charge in [-0.05, 0) is 55.2 Å². The first-order valence-electron chi connectivity index (χ1n) is 9.08. The van der Waals surface area contributed by atoms with Crippen LogP contribution in [0.15, 0.2) is 35.2 Å². The van der Waals surface area contributed by atoms with Crippen LogP contribution in [-0.4, -0.2) is 35.1 Å². The maximum atomic E-state index is 13.0. The molecule has 2 aromatic rings. The van der Waals surface area contributed by atoms with Gasteiger partial charge in [-0.1, -0.05) is 0 Å². The minimum Gasteiger partial charge on any atom is -0.497 e. The summed E-state index contributed by atoms with van der Waals surface area (Å²) in [7, 11) is -1.02.